The summed E-state index contributed by atoms with van der Waals surface area (Å²) in [6.07, 6.45) is 0.183. The number of rotatable bonds is 4. The largest absolute Gasteiger partial charge is 0.348 e. The van der Waals surface area contributed by atoms with Gasteiger partial charge in [-0.3, -0.25) is 9.89 Å². The number of aromatic nitrogens is 3. The zero-order chi connectivity index (χ0) is 16.3. The molecule has 0 radical (unpaired) electrons. The van der Waals surface area contributed by atoms with Crippen LogP contribution in [0.5, 0.6) is 0 Å². The van der Waals surface area contributed by atoms with Crippen LogP contribution in [0.2, 0.25) is 0 Å². The van der Waals surface area contributed by atoms with Gasteiger partial charge in [-0.05, 0) is 24.8 Å². The van der Waals surface area contributed by atoms with Gasteiger partial charge in [0.15, 0.2) is 5.82 Å². The van der Waals surface area contributed by atoms with E-state index in [1.807, 2.05) is 13.0 Å². The molecule has 1 heterocycles. The molecule has 0 saturated carbocycles. The van der Waals surface area contributed by atoms with Gasteiger partial charge >= 0.3 is 0 Å². The molecule has 0 aliphatic carbocycles. The van der Waals surface area contributed by atoms with Gasteiger partial charge in [-0.15, -0.1) is 0 Å². The second kappa shape index (κ2) is 6.30. The lowest BCUT2D eigenvalue weighted by Crippen LogP contribution is -2.37. The Balaban J connectivity index is 2.15. The highest BCUT2D eigenvalue weighted by Crippen LogP contribution is 2.33. The zero-order valence-corrected chi connectivity index (χ0v) is 13.9. The van der Waals surface area contributed by atoms with Crippen LogP contribution in [0.15, 0.2) is 24.3 Å². The van der Waals surface area contributed by atoms with Crippen LogP contribution in [0.25, 0.3) is 0 Å². The molecular weight excluding hydrogens is 276 g/mol. The van der Waals surface area contributed by atoms with Crippen molar-refractivity contribution < 1.29 is 4.79 Å². The minimum absolute atomic E-state index is 0.0556. The van der Waals surface area contributed by atoms with Gasteiger partial charge in [-0.25, -0.2) is 4.98 Å². The van der Waals surface area contributed by atoms with Crippen LogP contribution in [0.4, 0.5) is 0 Å². The average Bonchev–Trinajstić information content (AvgIpc) is 2.80. The molecule has 2 aromatic rings. The number of H-pyrrole nitrogens is 1. The number of hydrogen-bond donors (Lipinski definition) is 2. The summed E-state index contributed by atoms with van der Waals surface area (Å²) in [5.74, 6) is 1.17. The molecule has 22 heavy (non-hydrogen) atoms. The number of hydrogen-bond acceptors (Lipinski definition) is 3. The highest BCUT2D eigenvalue weighted by atomic mass is 16.1. The number of carbonyl (C=O) groups excluding carboxylic acids is 1. The summed E-state index contributed by atoms with van der Waals surface area (Å²) in [6.45, 7) is 10.2. The molecule has 2 N–H and O–H groups in total. The van der Waals surface area contributed by atoms with Gasteiger partial charge < -0.3 is 5.32 Å². The number of carbonyl (C=O) groups is 1. The molecule has 1 aromatic carbocycles. The molecule has 5 nitrogen and oxygen atoms in total. The number of benzene rings is 1. The van der Waals surface area contributed by atoms with E-state index in [2.05, 4.69) is 66.4 Å². The summed E-state index contributed by atoms with van der Waals surface area (Å²) in [4.78, 5) is 16.5. The van der Waals surface area contributed by atoms with Gasteiger partial charge in [-0.1, -0.05) is 50.6 Å². The minimum Gasteiger partial charge on any atom is -0.348 e. The minimum atomic E-state index is -0.0849. The topological polar surface area (TPSA) is 70.7 Å². The zero-order valence-electron chi connectivity index (χ0n) is 13.9. The first-order valence-electron chi connectivity index (χ1n) is 7.49. The second-order valence-electron chi connectivity index (χ2n) is 6.79. The highest BCUT2D eigenvalue weighted by Gasteiger charge is 2.28. The molecule has 1 amide bonds. The van der Waals surface area contributed by atoms with Crippen molar-refractivity contribution in [2.75, 3.05) is 0 Å². The van der Waals surface area contributed by atoms with Crippen LogP contribution in [0.1, 0.15) is 49.6 Å². The molecule has 0 aliphatic rings. The third-order valence-electron chi connectivity index (χ3n) is 3.51. The molecule has 0 fully saturated rings. The van der Waals surface area contributed by atoms with Crippen molar-refractivity contribution in [3.05, 3.63) is 47.0 Å². The Kier molecular flexibility index (Phi) is 4.64. The monoisotopic (exact) mass is 300 g/mol. The van der Waals surface area contributed by atoms with Gasteiger partial charge in [0.1, 0.15) is 5.82 Å². The van der Waals surface area contributed by atoms with Crippen LogP contribution in [0.3, 0.4) is 0 Å². The summed E-state index contributed by atoms with van der Waals surface area (Å²) >= 11 is 0. The van der Waals surface area contributed by atoms with Gasteiger partial charge in [0.25, 0.3) is 0 Å². The fourth-order valence-electron chi connectivity index (χ4n) is 2.47. The molecular formula is C17H24N4O. The molecule has 2 rings (SSSR count). The van der Waals surface area contributed by atoms with Crippen molar-refractivity contribution in [2.24, 2.45) is 5.41 Å². The maximum Gasteiger partial charge on any atom is 0.228 e. The van der Waals surface area contributed by atoms with E-state index >= 15 is 0 Å². The number of aromatic amines is 1. The molecule has 5 heteroatoms. The van der Waals surface area contributed by atoms with E-state index in [-0.39, 0.29) is 23.8 Å². The van der Waals surface area contributed by atoms with Crippen molar-refractivity contribution >= 4 is 5.91 Å². The predicted octanol–water partition coefficient (Wildman–Crippen LogP) is 2.87. The SMILES string of the molecule is Cc1cccc(C(NC(=O)Cc2n[nH]c(C)n2)C(C)(C)C)c1. The fraction of sp³-hybridized carbons (Fsp3) is 0.471. The van der Waals surface area contributed by atoms with Crippen molar-refractivity contribution in [3.8, 4) is 0 Å². The van der Waals surface area contributed by atoms with Crippen LogP contribution < -0.4 is 5.32 Å². The van der Waals surface area contributed by atoms with Crippen LogP contribution >= 0.6 is 0 Å². The number of nitrogens with one attached hydrogen (secondary N) is 2. The Morgan fingerprint density at radius 3 is 2.59 bits per heavy atom. The molecule has 0 spiro atoms. The van der Waals surface area contributed by atoms with E-state index in [1.54, 1.807) is 0 Å². The molecule has 0 bridgehead atoms. The summed E-state index contributed by atoms with van der Waals surface area (Å²) in [6, 6.07) is 8.20. The van der Waals surface area contributed by atoms with Crippen LogP contribution in [-0.4, -0.2) is 21.1 Å². The summed E-state index contributed by atoms with van der Waals surface area (Å²) in [7, 11) is 0. The smallest absolute Gasteiger partial charge is 0.228 e. The van der Waals surface area contributed by atoms with E-state index in [1.165, 1.54) is 5.56 Å². The Morgan fingerprint density at radius 2 is 2.05 bits per heavy atom. The Bertz CT molecular complexity index is 655. The van der Waals surface area contributed by atoms with Crippen molar-refractivity contribution in [1.29, 1.82) is 0 Å². The third-order valence-corrected chi connectivity index (χ3v) is 3.51. The Morgan fingerprint density at radius 1 is 1.32 bits per heavy atom. The molecule has 1 unspecified atom stereocenters. The number of aryl methyl sites for hydroxylation is 2. The third kappa shape index (κ3) is 4.16. The summed E-state index contributed by atoms with van der Waals surface area (Å²) in [5, 5.41) is 9.90. The maximum atomic E-state index is 12.3. The normalized spacial score (nSPS) is 13.0. The van der Waals surface area contributed by atoms with E-state index in [4.69, 9.17) is 0 Å². The lowest BCUT2D eigenvalue weighted by molar-refractivity contribution is -0.122. The summed E-state index contributed by atoms with van der Waals surface area (Å²) < 4.78 is 0. The quantitative estimate of drug-likeness (QED) is 0.912. The maximum absolute atomic E-state index is 12.3. The predicted molar refractivity (Wildman–Crippen MR) is 86.3 cm³/mol. The van der Waals surface area contributed by atoms with Crippen molar-refractivity contribution in [3.63, 3.8) is 0 Å². The van der Waals surface area contributed by atoms with Crippen molar-refractivity contribution in [1.82, 2.24) is 20.5 Å². The van der Waals surface area contributed by atoms with Crippen LogP contribution in [-0.2, 0) is 11.2 Å². The lowest BCUT2D eigenvalue weighted by Gasteiger charge is -2.32. The molecule has 1 aromatic heterocycles. The van der Waals surface area contributed by atoms with Gasteiger partial charge in [0.05, 0.1) is 12.5 Å². The van der Waals surface area contributed by atoms with Gasteiger partial charge in [0, 0.05) is 0 Å². The highest BCUT2D eigenvalue weighted by molar-refractivity contribution is 5.78. The number of nitrogens with zero attached hydrogens (tertiary/aromatic N) is 2. The molecule has 1 atom stereocenters. The fourth-order valence-corrected chi connectivity index (χ4v) is 2.47. The second-order valence-corrected chi connectivity index (χ2v) is 6.79. The first kappa shape index (κ1) is 16.2. The average molecular weight is 300 g/mol. The Labute approximate surface area is 131 Å². The molecule has 0 aliphatic heterocycles. The van der Waals surface area contributed by atoms with E-state index < -0.39 is 0 Å². The first-order valence-corrected chi connectivity index (χ1v) is 7.49. The molecule has 118 valence electrons. The first-order chi connectivity index (χ1) is 10.3. The lowest BCUT2D eigenvalue weighted by atomic mass is 9.82. The standard InChI is InChI=1S/C17H24N4O/c1-11-7-6-8-13(9-11)16(17(3,4)5)19-15(22)10-14-18-12(2)20-21-14/h6-9,16H,10H2,1-5H3,(H,19,22)(H,18,20,21). The van der Waals surface area contributed by atoms with Gasteiger partial charge in [-0.2, -0.15) is 5.10 Å². The van der Waals surface area contributed by atoms with Crippen molar-refractivity contribution in [2.45, 2.75) is 47.1 Å². The molecule has 0 saturated heterocycles. The van der Waals surface area contributed by atoms with E-state index in [0.29, 0.717) is 11.6 Å². The van der Waals surface area contributed by atoms with Crippen LogP contribution in [0, 0.1) is 19.3 Å². The summed E-state index contributed by atoms with van der Waals surface area (Å²) in [5.41, 5.74) is 2.22. The van der Waals surface area contributed by atoms with Gasteiger partial charge in [0.2, 0.25) is 5.91 Å². The number of amides is 1. The van der Waals surface area contributed by atoms with E-state index in [9.17, 15) is 4.79 Å². The Hall–Kier alpha value is -2.17. The van der Waals surface area contributed by atoms with E-state index in [0.717, 1.165) is 5.56 Å².